The van der Waals surface area contributed by atoms with E-state index < -0.39 is 0 Å². The summed E-state index contributed by atoms with van der Waals surface area (Å²) in [4.78, 5) is 17.8. The molecule has 1 rings (SSSR count). The summed E-state index contributed by atoms with van der Waals surface area (Å²) < 4.78 is 5.05. The zero-order valence-electron chi connectivity index (χ0n) is 10.8. The zero-order chi connectivity index (χ0) is 13.4. The van der Waals surface area contributed by atoms with Crippen molar-refractivity contribution in [3.8, 4) is 0 Å². The molecular formula is C12H20N4O2. The van der Waals surface area contributed by atoms with Gasteiger partial charge in [-0.2, -0.15) is 0 Å². The molecule has 1 amide bonds. The smallest absolute Gasteiger partial charge is 0.283 e. The Kier molecular flexibility index (Phi) is 6.27. The molecule has 1 aromatic rings. The van der Waals surface area contributed by atoms with Crippen LogP contribution in [0.25, 0.3) is 0 Å². The number of nitrogen functional groups attached to an aromatic ring is 1. The molecule has 0 atom stereocenters. The van der Waals surface area contributed by atoms with Crippen molar-refractivity contribution >= 4 is 5.91 Å². The second kappa shape index (κ2) is 7.75. The average molecular weight is 252 g/mol. The summed E-state index contributed by atoms with van der Waals surface area (Å²) in [7, 11) is 1.68. The van der Waals surface area contributed by atoms with Gasteiger partial charge in [0, 0.05) is 20.2 Å². The molecule has 6 nitrogen and oxygen atoms in total. The maximum absolute atomic E-state index is 11.4. The van der Waals surface area contributed by atoms with Crippen molar-refractivity contribution in [1.29, 1.82) is 0 Å². The molecular weight excluding hydrogens is 232 g/mol. The first-order valence-corrected chi connectivity index (χ1v) is 5.89. The number of hydrazine groups is 1. The fraction of sp³-hybridized carbons (Fsp3) is 0.500. The Morgan fingerprint density at radius 1 is 1.56 bits per heavy atom. The summed E-state index contributed by atoms with van der Waals surface area (Å²) >= 11 is 0. The highest BCUT2D eigenvalue weighted by Gasteiger charge is 2.08. The highest BCUT2D eigenvalue weighted by molar-refractivity contribution is 5.91. The predicted octanol–water partition coefficient (Wildman–Crippen LogP) is 0.153. The van der Waals surface area contributed by atoms with E-state index in [9.17, 15) is 4.79 Å². The van der Waals surface area contributed by atoms with Gasteiger partial charge in [0.1, 0.15) is 5.69 Å². The summed E-state index contributed by atoms with van der Waals surface area (Å²) in [6.45, 7) is 5.18. The van der Waals surface area contributed by atoms with Gasteiger partial charge in [-0.15, -0.1) is 0 Å². The SMILES string of the molecule is CCN(CCOC)Cc1cccc(C(=O)NN)n1. The molecule has 0 spiro atoms. The lowest BCUT2D eigenvalue weighted by atomic mass is 10.2. The van der Waals surface area contributed by atoms with Crippen molar-refractivity contribution in [2.24, 2.45) is 5.84 Å². The molecule has 6 heteroatoms. The van der Waals surface area contributed by atoms with E-state index in [1.165, 1.54) is 0 Å². The zero-order valence-corrected chi connectivity index (χ0v) is 10.8. The molecule has 100 valence electrons. The normalized spacial score (nSPS) is 10.7. The van der Waals surface area contributed by atoms with E-state index >= 15 is 0 Å². The third-order valence-electron chi connectivity index (χ3n) is 2.61. The van der Waals surface area contributed by atoms with Crippen LogP contribution in [0.1, 0.15) is 23.1 Å². The summed E-state index contributed by atoms with van der Waals surface area (Å²) in [6, 6.07) is 5.33. The van der Waals surface area contributed by atoms with E-state index in [1.54, 1.807) is 19.2 Å². The topological polar surface area (TPSA) is 80.5 Å². The Hall–Kier alpha value is -1.50. The number of hydrogen-bond acceptors (Lipinski definition) is 5. The van der Waals surface area contributed by atoms with E-state index in [0.717, 1.165) is 18.8 Å². The van der Waals surface area contributed by atoms with Gasteiger partial charge >= 0.3 is 0 Å². The molecule has 1 heterocycles. The van der Waals surface area contributed by atoms with Gasteiger partial charge < -0.3 is 4.74 Å². The van der Waals surface area contributed by atoms with Crippen molar-refractivity contribution in [2.45, 2.75) is 13.5 Å². The van der Waals surface area contributed by atoms with E-state index in [2.05, 4.69) is 22.2 Å². The number of aromatic nitrogens is 1. The van der Waals surface area contributed by atoms with Crippen LogP contribution in [0.3, 0.4) is 0 Å². The minimum Gasteiger partial charge on any atom is -0.383 e. The Balaban J connectivity index is 2.68. The van der Waals surface area contributed by atoms with Gasteiger partial charge in [0.15, 0.2) is 0 Å². The number of amides is 1. The fourth-order valence-corrected chi connectivity index (χ4v) is 1.57. The number of nitrogens with one attached hydrogen (secondary N) is 1. The monoisotopic (exact) mass is 252 g/mol. The van der Waals surface area contributed by atoms with Crippen LogP contribution in [0, 0.1) is 0 Å². The highest BCUT2D eigenvalue weighted by Crippen LogP contribution is 2.03. The number of carbonyl (C=O) groups excluding carboxylic acids is 1. The minimum atomic E-state index is -0.378. The number of rotatable bonds is 7. The highest BCUT2D eigenvalue weighted by atomic mass is 16.5. The van der Waals surface area contributed by atoms with Crippen molar-refractivity contribution in [1.82, 2.24) is 15.3 Å². The summed E-state index contributed by atoms with van der Waals surface area (Å²) in [5, 5.41) is 0. The molecule has 0 saturated heterocycles. The van der Waals surface area contributed by atoms with Crippen LogP contribution in [-0.2, 0) is 11.3 Å². The van der Waals surface area contributed by atoms with Crippen molar-refractivity contribution in [2.75, 3.05) is 26.8 Å². The van der Waals surface area contributed by atoms with Crippen LogP contribution in [-0.4, -0.2) is 42.6 Å². The molecule has 0 unspecified atom stereocenters. The summed E-state index contributed by atoms with van der Waals surface area (Å²) in [5.74, 6) is 4.70. The van der Waals surface area contributed by atoms with Gasteiger partial charge in [0.05, 0.1) is 12.3 Å². The van der Waals surface area contributed by atoms with Crippen LogP contribution in [0.5, 0.6) is 0 Å². The number of hydrogen-bond donors (Lipinski definition) is 2. The minimum absolute atomic E-state index is 0.331. The number of nitrogens with zero attached hydrogens (tertiary/aromatic N) is 2. The van der Waals surface area contributed by atoms with Crippen LogP contribution < -0.4 is 11.3 Å². The van der Waals surface area contributed by atoms with Gasteiger partial charge in [0.2, 0.25) is 0 Å². The van der Waals surface area contributed by atoms with Gasteiger partial charge in [-0.1, -0.05) is 13.0 Å². The molecule has 0 aliphatic rings. The summed E-state index contributed by atoms with van der Waals surface area (Å²) in [5.41, 5.74) is 3.25. The molecule has 0 bridgehead atoms. The first-order chi connectivity index (χ1) is 8.71. The number of ether oxygens (including phenoxy) is 1. The Morgan fingerprint density at radius 3 is 2.94 bits per heavy atom. The quantitative estimate of drug-likeness (QED) is 0.410. The molecule has 18 heavy (non-hydrogen) atoms. The lowest BCUT2D eigenvalue weighted by Crippen LogP contribution is -2.31. The number of nitrogens with two attached hydrogens (primary N) is 1. The van der Waals surface area contributed by atoms with Crippen LogP contribution in [0.4, 0.5) is 0 Å². The fourth-order valence-electron chi connectivity index (χ4n) is 1.57. The number of carbonyl (C=O) groups is 1. The van der Waals surface area contributed by atoms with E-state index in [-0.39, 0.29) is 5.91 Å². The standard InChI is InChI=1S/C12H20N4O2/c1-3-16(7-8-18-2)9-10-5-4-6-11(14-10)12(17)15-13/h4-6H,3,7-9,13H2,1-2H3,(H,15,17). The molecule has 0 radical (unpaired) electrons. The van der Waals surface area contributed by atoms with Crippen molar-refractivity contribution in [3.63, 3.8) is 0 Å². The lowest BCUT2D eigenvalue weighted by Gasteiger charge is -2.19. The first kappa shape index (κ1) is 14.6. The van der Waals surface area contributed by atoms with E-state index in [1.807, 2.05) is 6.07 Å². The lowest BCUT2D eigenvalue weighted by molar-refractivity contribution is 0.0948. The molecule has 0 aliphatic heterocycles. The molecule has 0 aliphatic carbocycles. The van der Waals surface area contributed by atoms with Crippen molar-refractivity contribution in [3.05, 3.63) is 29.6 Å². The molecule has 0 fully saturated rings. The number of pyridine rings is 1. The van der Waals surface area contributed by atoms with Crippen LogP contribution >= 0.6 is 0 Å². The molecule has 0 aromatic carbocycles. The van der Waals surface area contributed by atoms with Gasteiger partial charge in [-0.3, -0.25) is 15.1 Å². The first-order valence-electron chi connectivity index (χ1n) is 5.89. The van der Waals surface area contributed by atoms with Gasteiger partial charge in [-0.25, -0.2) is 10.8 Å². The second-order valence-electron chi connectivity index (χ2n) is 3.85. The number of methoxy groups -OCH3 is 1. The predicted molar refractivity (Wildman–Crippen MR) is 68.7 cm³/mol. The maximum atomic E-state index is 11.4. The van der Waals surface area contributed by atoms with E-state index in [0.29, 0.717) is 18.8 Å². The molecule has 3 N–H and O–H groups in total. The largest absolute Gasteiger partial charge is 0.383 e. The average Bonchev–Trinajstić information content (AvgIpc) is 2.42. The third-order valence-corrected chi connectivity index (χ3v) is 2.61. The Morgan fingerprint density at radius 2 is 2.33 bits per heavy atom. The second-order valence-corrected chi connectivity index (χ2v) is 3.85. The van der Waals surface area contributed by atoms with Crippen LogP contribution in [0.2, 0.25) is 0 Å². The summed E-state index contributed by atoms with van der Waals surface area (Å²) in [6.07, 6.45) is 0. The van der Waals surface area contributed by atoms with Gasteiger partial charge in [-0.05, 0) is 18.7 Å². The van der Waals surface area contributed by atoms with Crippen molar-refractivity contribution < 1.29 is 9.53 Å². The van der Waals surface area contributed by atoms with Gasteiger partial charge in [0.25, 0.3) is 5.91 Å². The number of likely N-dealkylation sites (N-methyl/N-ethyl adjacent to an activating group) is 1. The maximum Gasteiger partial charge on any atom is 0.283 e. The Labute approximate surface area is 107 Å². The molecule has 1 aromatic heterocycles. The van der Waals surface area contributed by atoms with E-state index in [4.69, 9.17) is 10.6 Å². The Bertz CT molecular complexity index is 384. The third kappa shape index (κ3) is 4.40. The van der Waals surface area contributed by atoms with Crippen LogP contribution in [0.15, 0.2) is 18.2 Å². The molecule has 0 saturated carbocycles.